The summed E-state index contributed by atoms with van der Waals surface area (Å²) in [4.78, 5) is 88.8. The van der Waals surface area contributed by atoms with Gasteiger partial charge in [-0.25, -0.2) is 9.37 Å². The van der Waals surface area contributed by atoms with Crippen molar-refractivity contribution in [2.75, 3.05) is 68.0 Å². The van der Waals surface area contributed by atoms with Crippen LogP contribution < -0.4 is 20.9 Å². The fourth-order valence-electron chi connectivity index (χ4n) is 8.32. The summed E-state index contributed by atoms with van der Waals surface area (Å²) in [5.41, 5.74) is 3.13. The van der Waals surface area contributed by atoms with Gasteiger partial charge in [0.25, 0.3) is 23.6 Å². The van der Waals surface area contributed by atoms with Gasteiger partial charge in [-0.15, -0.1) is 11.3 Å². The number of aromatic nitrogens is 1. The van der Waals surface area contributed by atoms with Crippen LogP contribution in [0.15, 0.2) is 66.2 Å². The molecule has 4 aliphatic rings. The van der Waals surface area contributed by atoms with Gasteiger partial charge in [-0.3, -0.25) is 49.2 Å². The predicted molar refractivity (Wildman–Crippen MR) is 223 cm³/mol. The van der Waals surface area contributed by atoms with Crippen molar-refractivity contribution < 1.29 is 43.0 Å². The third-order valence-corrected chi connectivity index (χ3v) is 12.1. The van der Waals surface area contributed by atoms with Crippen molar-refractivity contribution in [3.8, 4) is 5.75 Å². The minimum Gasteiger partial charge on any atom is -0.508 e. The lowest BCUT2D eigenvalue weighted by molar-refractivity contribution is -0.136. The molecule has 16 nitrogen and oxygen atoms in total. The first-order valence-corrected chi connectivity index (χ1v) is 21.2. The van der Waals surface area contributed by atoms with E-state index in [1.54, 1.807) is 17.5 Å². The third-order valence-electron chi connectivity index (χ3n) is 11.4. The van der Waals surface area contributed by atoms with E-state index in [1.807, 2.05) is 24.3 Å². The van der Waals surface area contributed by atoms with Crippen LogP contribution in [-0.2, 0) is 25.7 Å². The van der Waals surface area contributed by atoms with Crippen molar-refractivity contribution in [3.05, 3.63) is 99.8 Å². The number of halogens is 1. The molecule has 4 aromatic rings. The average Bonchev–Trinajstić information content (AvgIpc) is 3.95. The van der Waals surface area contributed by atoms with Crippen LogP contribution in [0, 0.1) is 5.82 Å². The zero-order valence-corrected chi connectivity index (χ0v) is 34.0. The number of piperidine rings is 1. The largest absolute Gasteiger partial charge is 0.508 e. The molecule has 4 aliphatic heterocycles. The zero-order valence-electron chi connectivity index (χ0n) is 33.2. The summed E-state index contributed by atoms with van der Waals surface area (Å²) < 4.78 is 20.3. The second kappa shape index (κ2) is 18.2. The van der Waals surface area contributed by atoms with Gasteiger partial charge < -0.3 is 25.0 Å². The molecule has 2 saturated heterocycles. The molecule has 2 unspecified atom stereocenters. The van der Waals surface area contributed by atoms with Crippen molar-refractivity contribution in [3.63, 3.8) is 0 Å². The Labute approximate surface area is 354 Å². The Hall–Kier alpha value is -6.24. The zero-order chi connectivity index (χ0) is 42.6. The third kappa shape index (κ3) is 8.82. The van der Waals surface area contributed by atoms with E-state index < -0.39 is 53.3 Å². The molecule has 3 aromatic carbocycles. The van der Waals surface area contributed by atoms with Gasteiger partial charge in [-0.05, 0) is 73.7 Å². The molecule has 6 amide bonds. The molecule has 61 heavy (non-hydrogen) atoms. The van der Waals surface area contributed by atoms with E-state index in [9.17, 15) is 38.3 Å². The fraction of sp³-hybridized carbons (Fsp3) is 0.372. The lowest BCUT2D eigenvalue weighted by Gasteiger charge is -2.36. The summed E-state index contributed by atoms with van der Waals surface area (Å²) >= 11 is 1.20. The number of anilines is 3. The number of carbonyl (C=O) groups is 6. The van der Waals surface area contributed by atoms with E-state index >= 15 is 0 Å². The van der Waals surface area contributed by atoms with E-state index in [1.165, 1.54) is 28.5 Å². The molecule has 0 saturated carbocycles. The van der Waals surface area contributed by atoms with E-state index in [-0.39, 0.29) is 41.8 Å². The molecule has 318 valence electrons. The number of benzene rings is 3. The number of amides is 6. The predicted octanol–water partition coefficient (Wildman–Crippen LogP) is 4.15. The first kappa shape index (κ1) is 41.5. The van der Waals surface area contributed by atoms with Crippen LogP contribution in [-0.4, -0.2) is 119 Å². The summed E-state index contributed by atoms with van der Waals surface area (Å²) in [6.45, 7) is 5.92. The lowest BCUT2D eigenvalue weighted by Crippen LogP contribution is -2.54. The summed E-state index contributed by atoms with van der Waals surface area (Å²) in [5, 5.41) is 20.9. The first-order valence-electron chi connectivity index (χ1n) is 20.3. The number of unbranched alkanes of at least 4 members (excludes halogenated alkanes) is 1. The van der Waals surface area contributed by atoms with Crippen LogP contribution in [0.3, 0.4) is 0 Å². The van der Waals surface area contributed by atoms with E-state index in [0.29, 0.717) is 41.7 Å². The number of aromatic hydroxyl groups is 1. The van der Waals surface area contributed by atoms with Crippen molar-refractivity contribution in [2.45, 2.75) is 50.7 Å². The number of fused-ring (bicyclic) bond motifs is 2. The Bertz CT molecular complexity index is 2350. The Morgan fingerprint density at radius 3 is 2.54 bits per heavy atom. The maximum Gasteiger partial charge on any atom is 0.262 e. The molecule has 0 radical (unpaired) electrons. The van der Waals surface area contributed by atoms with Gasteiger partial charge in [-0.2, -0.15) is 0 Å². The number of phenols is 1. The molecule has 1 aromatic heterocycles. The lowest BCUT2D eigenvalue weighted by atomic mass is 10.0. The Balaban J connectivity index is 0.751. The number of ether oxygens (including phenoxy) is 1. The summed E-state index contributed by atoms with van der Waals surface area (Å²) in [7, 11) is 0. The molecule has 0 spiro atoms. The topological polar surface area (TPSA) is 194 Å². The Morgan fingerprint density at radius 2 is 1.75 bits per heavy atom. The Morgan fingerprint density at radius 1 is 0.951 bits per heavy atom. The number of hydrogen-bond donors (Lipinski definition) is 4. The maximum absolute atomic E-state index is 14.4. The number of rotatable bonds is 16. The molecule has 0 bridgehead atoms. The highest BCUT2D eigenvalue weighted by Crippen LogP contribution is 2.39. The van der Waals surface area contributed by atoms with E-state index in [4.69, 9.17) is 4.74 Å². The Kier molecular flexibility index (Phi) is 12.4. The molecule has 8 rings (SSSR count). The van der Waals surface area contributed by atoms with Crippen molar-refractivity contribution in [1.82, 2.24) is 25.0 Å². The van der Waals surface area contributed by atoms with Gasteiger partial charge in [0.05, 0.1) is 16.7 Å². The molecule has 2 atom stereocenters. The SMILES string of the molecule is O=C1CCC(N2C(=O)c3ccc(N4CCN(CCCOCCCCNc5cccc6c5C(=O)N(C(C(=O)Nc5nccs5)c5cc(F)ccc5O)C6)CC4)cc3C2=O)C(=O)N1. The normalized spacial score (nSPS) is 18.3. The van der Waals surface area contributed by atoms with Crippen molar-refractivity contribution in [2.24, 2.45) is 0 Å². The van der Waals surface area contributed by atoms with Gasteiger partial charge in [-0.1, -0.05) is 12.1 Å². The molecule has 18 heteroatoms. The van der Waals surface area contributed by atoms with Gasteiger partial charge in [0.2, 0.25) is 11.8 Å². The van der Waals surface area contributed by atoms with E-state index in [2.05, 4.69) is 30.7 Å². The van der Waals surface area contributed by atoms with Gasteiger partial charge in [0.15, 0.2) is 5.13 Å². The standard InChI is InChI=1S/C43H45FN8O8S/c44-27-7-11-34(53)31(23-27)37(39(56)48-43-46-14-22-61-43)51-25-26-5-3-6-32(36(26)42(51)59)45-13-1-2-20-60-21-4-15-49-16-18-50(19-17-49)28-8-9-29-30(24-28)41(58)52(40(29)57)33-10-12-35(54)47-38(33)55/h3,5-9,11,14,22-24,33,37,45,53H,1-2,4,10,12-13,15-21,25H2,(H,46,48,56)(H,47,54,55). The highest BCUT2D eigenvalue weighted by Gasteiger charge is 2.45. The number of nitrogens with one attached hydrogen (secondary N) is 3. The summed E-state index contributed by atoms with van der Waals surface area (Å²) in [5.74, 6) is -4.05. The highest BCUT2D eigenvalue weighted by atomic mass is 32.1. The van der Waals surface area contributed by atoms with Crippen molar-refractivity contribution >= 4 is 63.3 Å². The highest BCUT2D eigenvalue weighted by molar-refractivity contribution is 7.13. The number of phenolic OH excluding ortho intramolecular Hbond substituents is 1. The number of imide groups is 2. The van der Waals surface area contributed by atoms with Gasteiger partial charge in [0, 0.05) is 94.0 Å². The van der Waals surface area contributed by atoms with E-state index in [0.717, 1.165) is 74.7 Å². The number of nitrogens with zero attached hydrogens (tertiary/aromatic N) is 5. The monoisotopic (exact) mass is 852 g/mol. The fourth-order valence-corrected chi connectivity index (χ4v) is 8.85. The molecule has 4 N–H and O–H groups in total. The van der Waals surface area contributed by atoms with Crippen LogP contribution in [0.4, 0.5) is 20.9 Å². The molecular weight excluding hydrogens is 808 g/mol. The van der Waals surface area contributed by atoms with Gasteiger partial charge >= 0.3 is 0 Å². The average molecular weight is 853 g/mol. The van der Waals surface area contributed by atoms with Crippen LogP contribution in [0.5, 0.6) is 5.75 Å². The van der Waals surface area contributed by atoms with Crippen LogP contribution in [0.1, 0.15) is 80.3 Å². The molecule has 0 aliphatic carbocycles. The summed E-state index contributed by atoms with van der Waals surface area (Å²) in [6, 6.07) is 11.7. The number of carbonyl (C=O) groups excluding carboxylic acids is 6. The van der Waals surface area contributed by atoms with Crippen molar-refractivity contribution in [1.29, 1.82) is 0 Å². The second-order valence-corrected chi connectivity index (χ2v) is 16.2. The van der Waals surface area contributed by atoms with Gasteiger partial charge in [0.1, 0.15) is 23.7 Å². The van der Waals surface area contributed by atoms with Crippen LogP contribution in [0.2, 0.25) is 0 Å². The number of thiazole rings is 1. The molecular formula is C43H45FN8O8S. The first-order chi connectivity index (χ1) is 29.6. The maximum atomic E-state index is 14.4. The quantitative estimate of drug-likeness (QED) is 0.0932. The summed E-state index contributed by atoms with van der Waals surface area (Å²) in [6.07, 6.45) is 4.18. The second-order valence-electron chi connectivity index (χ2n) is 15.3. The minimum atomic E-state index is -1.31. The molecule has 5 heterocycles. The smallest absolute Gasteiger partial charge is 0.262 e. The van der Waals surface area contributed by atoms with Crippen LogP contribution in [0.25, 0.3) is 0 Å². The number of hydrogen-bond acceptors (Lipinski definition) is 13. The number of piperazine rings is 1. The molecule has 2 fully saturated rings. The van der Waals surface area contributed by atoms with Crippen LogP contribution >= 0.6 is 11.3 Å². The minimum absolute atomic E-state index is 0.0259.